The monoisotopic (exact) mass is 540 g/mol. The number of ketones is 1. The number of carbonyl (C=O) groups is 2. The quantitative estimate of drug-likeness (QED) is 0.180. The molecule has 0 aliphatic carbocycles. The molecule has 4 heterocycles. The van der Waals surface area contributed by atoms with E-state index >= 15 is 0 Å². The second-order valence-corrected chi connectivity index (χ2v) is 10.1. The van der Waals surface area contributed by atoms with Crippen LogP contribution >= 0.6 is 34.5 Å². The molecular formula is C26H18Cl2N2O5S. The Balaban J connectivity index is 2.07. The van der Waals surface area contributed by atoms with Crippen molar-refractivity contribution in [2.75, 3.05) is 6.61 Å². The molecule has 7 nitrogen and oxygen atoms in total. The van der Waals surface area contributed by atoms with Gasteiger partial charge in [0.25, 0.3) is 0 Å². The molecule has 0 aliphatic rings. The van der Waals surface area contributed by atoms with Crippen LogP contribution in [-0.2, 0) is 4.74 Å². The highest BCUT2D eigenvalue weighted by Gasteiger charge is 2.27. The zero-order valence-corrected chi connectivity index (χ0v) is 21.9. The zero-order chi connectivity index (χ0) is 25.9. The topological polar surface area (TPSA) is 99.4 Å². The minimum Gasteiger partial charge on any atom is -0.462 e. The molecule has 5 rings (SSSR count). The van der Waals surface area contributed by atoms with Gasteiger partial charge in [0.05, 0.1) is 33.2 Å². The number of ether oxygens (including phenoxy) is 1. The summed E-state index contributed by atoms with van der Waals surface area (Å²) in [5.74, 6) is -0.931. The van der Waals surface area contributed by atoms with Crippen LogP contribution in [0.3, 0.4) is 0 Å². The van der Waals surface area contributed by atoms with Crippen molar-refractivity contribution < 1.29 is 18.7 Å². The van der Waals surface area contributed by atoms with Crippen LogP contribution < -0.4 is 5.63 Å². The molecular weight excluding hydrogens is 523 g/mol. The minimum absolute atomic E-state index is 0.0195. The minimum atomic E-state index is -0.786. The third-order valence-corrected chi connectivity index (χ3v) is 7.50. The van der Waals surface area contributed by atoms with Gasteiger partial charge in [-0.1, -0.05) is 29.3 Å². The van der Waals surface area contributed by atoms with Gasteiger partial charge < -0.3 is 9.15 Å². The van der Waals surface area contributed by atoms with Crippen LogP contribution in [0.1, 0.15) is 45.8 Å². The Morgan fingerprint density at radius 3 is 2.53 bits per heavy atom. The van der Waals surface area contributed by atoms with E-state index in [2.05, 4.69) is 9.97 Å². The number of esters is 1. The average Bonchev–Trinajstić information content (AvgIpc) is 3.15. The maximum absolute atomic E-state index is 12.9. The fraction of sp³-hybridized carbons (Fsp3) is 0.192. The summed E-state index contributed by atoms with van der Waals surface area (Å²) in [6, 6.07) is 6.71. The Morgan fingerprint density at radius 2 is 1.86 bits per heavy atom. The van der Waals surface area contributed by atoms with Crippen molar-refractivity contribution in [2.45, 2.75) is 27.7 Å². The van der Waals surface area contributed by atoms with Crippen molar-refractivity contribution in [1.29, 1.82) is 0 Å². The van der Waals surface area contributed by atoms with E-state index in [0.29, 0.717) is 63.8 Å². The second-order valence-electron chi connectivity index (χ2n) is 8.23. The number of thiophene rings is 1. The number of benzene rings is 1. The first-order valence-corrected chi connectivity index (χ1v) is 12.5. The average molecular weight is 541 g/mol. The summed E-state index contributed by atoms with van der Waals surface area (Å²) in [4.78, 5) is 47.8. The maximum atomic E-state index is 12.9. The SMILES string of the molecule is CCOC(=O)c1cc(C)nc2sc3c(-c4ccc(Cl)cc4Cl)c4c(C)c(C(C)=O)c(=O)oc4nc3c12. The molecule has 0 unspecified atom stereocenters. The van der Waals surface area contributed by atoms with Gasteiger partial charge in [0, 0.05) is 26.9 Å². The van der Waals surface area contributed by atoms with Crippen LogP contribution in [0.2, 0.25) is 10.0 Å². The van der Waals surface area contributed by atoms with Gasteiger partial charge in [-0.3, -0.25) is 4.79 Å². The van der Waals surface area contributed by atoms with Crippen LogP contribution in [0.15, 0.2) is 33.5 Å². The third-order valence-electron chi connectivity index (χ3n) is 5.86. The Morgan fingerprint density at radius 1 is 1.11 bits per heavy atom. The summed E-state index contributed by atoms with van der Waals surface area (Å²) in [6.45, 7) is 6.70. The summed E-state index contributed by atoms with van der Waals surface area (Å²) in [5.41, 5.74) is 2.17. The number of hydrogen-bond acceptors (Lipinski definition) is 8. The fourth-order valence-electron chi connectivity index (χ4n) is 4.43. The highest BCUT2D eigenvalue weighted by atomic mass is 35.5. The normalized spacial score (nSPS) is 11.5. The third kappa shape index (κ3) is 3.77. The van der Waals surface area contributed by atoms with E-state index in [1.165, 1.54) is 18.3 Å². The predicted molar refractivity (Wildman–Crippen MR) is 142 cm³/mol. The Hall–Kier alpha value is -3.33. The van der Waals surface area contributed by atoms with Crippen molar-refractivity contribution in [2.24, 2.45) is 0 Å². The Kier molecular flexibility index (Phi) is 6.06. The molecule has 0 fully saturated rings. The molecule has 0 atom stereocenters. The molecule has 0 spiro atoms. The molecule has 0 bridgehead atoms. The fourth-order valence-corrected chi connectivity index (χ4v) is 6.18. The predicted octanol–water partition coefficient (Wildman–Crippen LogP) is 6.92. The van der Waals surface area contributed by atoms with Crippen molar-refractivity contribution in [3.63, 3.8) is 0 Å². The maximum Gasteiger partial charge on any atom is 0.348 e. The number of halogens is 2. The van der Waals surface area contributed by atoms with Gasteiger partial charge in [0.2, 0.25) is 5.71 Å². The lowest BCUT2D eigenvalue weighted by molar-refractivity contribution is 0.0528. The van der Waals surface area contributed by atoms with E-state index < -0.39 is 17.4 Å². The van der Waals surface area contributed by atoms with Gasteiger partial charge in [-0.15, -0.1) is 11.3 Å². The van der Waals surface area contributed by atoms with Gasteiger partial charge in [-0.05, 0) is 51.5 Å². The van der Waals surface area contributed by atoms with E-state index in [4.69, 9.17) is 32.4 Å². The smallest absolute Gasteiger partial charge is 0.348 e. The molecule has 182 valence electrons. The lowest BCUT2D eigenvalue weighted by atomic mass is 9.96. The molecule has 10 heteroatoms. The summed E-state index contributed by atoms with van der Waals surface area (Å²) in [6.07, 6.45) is 0. The number of aryl methyl sites for hydroxylation is 2. The van der Waals surface area contributed by atoms with Gasteiger partial charge in [0.15, 0.2) is 5.78 Å². The molecule has 0 N–H and O–H groups in total. The van der Waals surface area contributed by atoms with Gasteiger partial charge in [0.1, 0.15) is 10.4 Å². The molecule has 4 aromatic heterocycles. The van der Waals surface area contributed by atoms with E-state index in [9.17, 15) is 14.4 Å². The molecule has 0 amide bonds. The van der Waals surface area contributed by atoms with Gasteiger partial charge in [-0.2, -0.15) is 0 Å². The molecule has 0 radical (unpaired) electrons. The lowest BCUT2D eigenvalue weighted by Gasteiger charge is -2.13. The highest BCUT2D eigenvalue weighted by Crippen LogP contribution is 2.46. The molecule has 1 aromatic carbocycles. The number of Topliss-reactive ketones (excluding diaryl/α,β-unsaturated/α-hetero) is 1. The number of pyridine rings is 2. The largest absolute Gasteiger partial charge is 0.462 e. The van der Waals surface area contributed by atoms with E-state index in [-0.39, 0.29) is 17.9 Å². The Bertz CT molecular complexity index is 1820. The molecule has 0 saturated carbocycles. The number of nitrogens with zero attached hydrogens (tertiary/aromatic N) is 2. The molecule has 5 aromatic rings. The van der Waals surface area contributed by atoms with Crippen molar-refractivity contribution >= 4 is 77.8 Å². The molecule has 36 heavy (non-hydrogen) atoms. The molecule has 0 aliphatic heterocycles. The number of carbonyl (C=O) groups excluding carboxylic acids is 2. The number of rotatable bonds is 4. The van der Waals surface area contributed by atoms with Crippen molar-refractivity contribution in [3.05, 3.63) is 67.1 Å². The van der Waals surface area contributed by atoms with Crippen molar-refractivity contribution in [3.8, 4) is 11.1 Å². The Labute approximate surface area is 218 Å². The lowest BCUT2D eigenvalue weighted by Crippen LogP contribution is -2.15. The van der Waals surface area contributed by atoms with E-state index in [1.807, 2.05) is 0 Å². The number of hydrogen-bond donors (Lipinski definition) is 0. The van der Waals surface area contributed by atoms with Gasteiger partial charge in [-0.25, -0.2) is 19.6 Å². The van der Waals surface area contributed by atoms with Crippen LogP contribution in [0, 0.1) is 13.8 Å². The van der Waals surface area contributed by atoms with Crippen molar-refractivity contribution in [1.82, 2.24) is 9.97 Å². The van der Waals surface area contributed by atoms with Gasteiger partial charge >= 0.3 is 11.6 Å². The van der Waals surface area contributed by atoms with E-state index in [1.54, 1.807) is 45.0 Å². The van der Waals surface area contributed by atoms with E-state index in [0.717, 1.165) is 0 Å². The summed E-state index contributed by atoms with van der Waals surface area (Å²) < 4.78 is 11.5. The van der Waals surface area contributed by atoms with Crippen LogP contribution in [-0.4, -0.2) is 28.3 Å². The van der Waals surface area contributed by atoms with Crippen LogP contribution in [0.4, 0.5) is 0 Å². The highest BCUT2D eigenvalue weighted by molar-refractivity contribution is 7.26. The first-order valence-electron chi connectivity index (χ1n) is 11.0. The summed E-state index contributed by atoms with van der Waals surface area (Å²) in [7, 11) is 0. The standard InChI is InChI=1S/C26H18Cl2N2O5S/c1-5-34-25(32)15-8-10(2)29-24-20(15)21-22(36-24)19(14-7-6-13(27)9-16(14)28)18-11(3)17(12(4)31)26(33)35-23(18)30-21/h6-9H,5H2,1-4H3. The van der Waals surface area contributed by atoms with Crippen LogP contribution in [0.25, 0.3) is 42.7 Å². The zero-order valence-electron chi connectivity index (χ0n) is 19.6. The first kappa shape index (κ1) is 24.4. The summed E-state index contributed by atoms with van der Waals surface area (Å²) in [5, 5.41) is 1.77. The van der Waals surface area contributed by atoms with Crippen LogP contribution in [0.5, 0.6) is 0 Å². The second kappa shape index (κ2) is 8.96. The molecule has 0 saturated heterocycles. The summed E-state index contributed by atoms with van der Waals surface area (Å²) >= 11 is 14.1. The number of fused-ring (bicyclic) bond motifs is 4. The first-order chi connectivity index (χ1) is 17.1. The number of aromatic nitrogens is 2.